The van der Waals surface area contributed by atoms with Crippen LogP contribution >= 0.6 is 15.9 Å². The van der Waals surface area contributed by atoms with E-state index < -0.39 is 0 Å². The van der Waals surface area contributed by atoms with Crippen molar-refractivity contribution in [2.24, 2.45) is 0 Å². The molecule has 0 radical (unpaired) electrons. The van der Waals surface area contributed by atoms with Gasteiger partial charge in [-0.3, -0.25) is 9.69 Å². The van der Waals surface area contributed by atoms with Crippen molar-refractivity contribution in [1.29, 1.82) is 0 Å². The Balaban J connectivity index is 1.68. The Hall–Kier alpha value is -2.64. The normalized spacial score (nSPS) is 11.0. The Morgan fingerprint density at radius 2 is 1.93 bits per heavy atom. The van der Waals surface area contributed by atoms with Crippen molar-refractivity contribution in [3.63, 3.8) is 0 Å². The molecular weight excluding hydrogens is 432 g/mol. The Bertz CT molecular complexity index is 1000. The summed E-state index contributed by atoms with van der Waals surface area (Å²) < 4.78 is 8.24. The summed E-state index contributed by atoms with van der Waals surface area (Å²) in [4.78, 5) is 14.6. The van der Waals surface area contributed by atoms with Crippen molar-refractivity contribution in [2.45, 2.75) is 20.4 Å². The van der Waals surface area contributed by atoms with Crippen LogP contribution in [0.3, 0.4) is 0 Å². The molecule has 0 saturated heterocycles. The summed E-state index contributed by atoms with van der Waals surface area (Å²) in [6.07, 6.45) is 0. The summed E-state index contributed by atoms with van der Waals surface area (Å²) in [5.74, 6) is 0.719. The number of likely N-dealkylation sites (N-methyl/N-ethyl adjacent to an activating group) is 1. The molecule has 2 aromatic carbocycles. The van der Waals surface area contributed by atoms with Gasteiger partial charge >= 0.3 is 0 Å². The Kier molecular flexibility index (Phi) is 6.71. The van der Waals surface area contributed by atoms with Gasteiger partial charge in [0, 0.05) is 16.6 Å². The summed E-state index contributed by atoms with van der Waals surface area (Å²) in [7, 11) is 3.56. The van der Waals surface area contributed by atoms with Crippen LogP contribution in [0, 0.1) is 13.8 Å². The summed E-state index contributed by atoms with van der Waals surface area (Å²) in [6.45, 7) is 4.71. The fourth-order valence-corrected chi connectivity index (χ4v) is 3.69. The van der Waals surface area contributed by atoms with Gasteiger partial charge < -0.3 is 10.1 Å². The summed E-state index contributed by atoms with van der Waals surface area (Å²) in [5.41, 5.74) is 4.43. The van der Waals surface area contributed by atoms with Crippen molar-refractivity contribution in [1.82, 2.24) is 14.7 Å². The second-order valence-corrected chi connectivity index (χ2v) is 7.89. The number of methoxy groups -OCH3 is 1. The van der Waals surface area contributed by atoms with Gasteiger partial charge in [0.15, 0.2) is 0 Å². The average molecular weight is 457 g/mol. The lowest BCUT2D eigenvalue weighted by atomic mass is 10.2. The second-order valence-electron chi connectivity index (χ2n) is 6.97. The zero-order valence-corrected chi connectivity index (χ0v) is 18.7. The minimum atomic E-state index is -0.0831. The van der Waals surface area contributed by atoms with Gasteiger partial charge in [-0.25, -0.2) is 4.68 Å². The predicted octanol–water partition coefficient (Wildman–Crippen LogP) is 4.33. The maximum atomic E-state index is 12.7. The average Bonchev–Trinajstić information content (AvgIpc) is 2.97. The minimum absolute atomic E-state index is 0.0831. The van der Waals surface area contributed by atoms with Crippen LogP contribution in [0.25, 0.3) is 5.69 Å². The first-order chi connectivity index (χ1) is 13.9. The number of hydrogen-bond acceptors (Lipinski definition) is 4. The number of aromatic nitrogens is 2. The summed E-state index contributed by atoms with van der Waals surface area (Å²) >= 11 is 3.49. The topological polar surface area (TPSA) is 59.4 Å². The van der Waals surface area contributed by atoms with Crippen LogP contribution in [-0.4, -0.2) is 41.3 Å². The van der Waals surface area contributed by atoms with Crippen molar-refractivity contribution < 1.29 is 9.53 Å². The highest BCUT2D eigenvalue weighted by atomic mass is 79.9. The second kappa shape index (κ2) is 9.24. The van der Waals surface area contributed by atoms with Gasteiger partial charge in [0.2, 0.25) is 5.91 Å². The molecule has 152 valence electrons. The van der Waals surface area contributed by atoms with Gasteiger partial charge in [-0.1, -0.05) is 34.1 Å². The molecule has 7 heteroatoms. The molecule has 29 heavy (non-hydrogen) atoms. The molecular formula is C22H25BrN4O2. The maximum absolute atomic E-state index is 12.7. The zero-order chi connectivity index (χ0) is 21.0. The van der Waals surface area contributed by atoms with Gasteiger partial charge in [-0.05, 0) is 51.2 Å². The van der Waals surface area contributed by atoms with Gasteiger partial charge in [-0.15, -0.1) is 0 Å². The molecule has 0 unspecified atom stereocenters. The van der Waals surface area contributed by atoms with Crippen LogP contribution in [-0.2, 0) is 11.3 Å². The molecule has 3 rings (SSSR count). The highest BCUT2D eigenvalue weighted by Crippen LogP contribution is 2.25. The number of amides is 1. The summed E-state index contributed by atoms with van der Waals surface area (Å²) in [5, 5.41) is 7.60. The fourth-order valence-electron chi connectivity index (χ4n) is 3.29. The molecule has 0 aliphatic carbocycles. The summed E-state index contributed by atoms with van der Waals surface area (Å²) in [6, 6.07) is 15.7. The number of rotatable bonds is 7. The van der Waals surface area contributed by atoms with Crippen LogP contribution in [0.5, 0.6) is 5.75 Å². The number of halogens is 1. The molecule has 0 atom stereocenters. The third-order valence-corrected chi connectivity index (χ3v) is 5.15. The smallest absolute Gasteiger partial charge is 0.238 e. The molecule has 0 saturated carbocycles. The molecule has 0 aliphatic rings. The molecule has 1 amide bonds. The number of anilines is 1. The number of benzene rings is 2. The van der Waals surface area contributed by atoms with E-state index in [1.165, 1.54) is 0 Å². The van der Waals surface area contributed by atoms with Crippen LogP contribution in [0.4, 0.5) is 5.69 Å². The van der Waals surface area contributed by atoms with E-state index in [4.69, 9.17) is 4.74 Å². The Labute approximate surface area is 179 Å². The lowest BCUT2D eigenvalue weighted by Crippen LogP contribution is -2.30. The molecule has 6 nitrogen and oxygen atoms in total. The SMILES string of the molecule is COc1ccc(Br)cc1CN(C)CC(=O)Nc1c(C)nn(-c2ccccc2)c1C. The molecule has 3 aromatic rings. The lowest BCUT2D eigenvalue weighted by Gasteiger charge is -2.18. The lowest BCUT2D eigenvalue weighted by molar-refractivity contribution is -0.117. The number of hydrogen-bond donors (Lipinski definition) is 1. The quantitative estimate of drug-likeness (QED) is 0.574. The van der Waals surface area contributed by atoms with E-state index in [1.54, 1.807) is 7.11 Å². The van der Waals surface area contributed by atoms with E-state index in [0.29, 0.717) is 6.54 Å². The van der Waals surface area contributed by atoms with Crippen LogP contribution in [0.2, 0.25) is 0 Å². The standard InChI is InChI=1S/C22H25BrN4O2/c1-15-22(16(2)27(25-15)19-8-6-5-7-9-19)24-21(28)14-26(3)13-17-12-18(23)10-11-20(17)29-4/h5-12H,13-14H2,1-4H3,(H,24,28). The molecule has 1 N–H and O–H groups in total. The Morgan fingerprint density at radius 3 is 2.62 bits per heavy atom. The van der Waals surface area contributed by atoms with Crippen LogP contribution in [0.1, 0.15) is 17.0 Å². The van der Waals surface area contributed by atoms with Gasteiger partial charge in [0.05, 0.1) is 36.4 Å². The van der Waals surface area contributed by atoms with Gasteiger partial charge in [0.25, 0.3) is 0 Å². The number of nitrogens with one attached hydrogen (secondary N) is 1. The predicted molar refractivity (Wildman–Crippen MR) is 119 cm³/mol. The fraction of sp³-hybridized carbons (Fsp3) is 0.273. The molecule has 0 spiro atoms. The zero-order valence-electron chi connectivity index (χ0n) is 17.1. The number of nitrogens with zero attached hydrogens (tertiary/aromatic N) is 3. The molecule has 0 bridgehead atoms. The van der Waals surface area contributed by atoms with E-state index in [0.717, 1.165) is 38.5 Å². The van der Waals surface area contributed by atoms with Crippen LogP contribution < -0.4 is 10.1 Å². The maximum Gasteiger partial charge on any atom is 0.238 e. The monoisotopic (exact) mass is 456 g/mol. The Morgan fingerprint density at radius 1 is 1.21 bits per heavy atom. The number of aryl methyl sites for hydroxylation is 1. The largest absolute Gasteiger partial charge is 0.496 e. The van der Waals surface area contributed by atoms with E-state index in [-0.39, 0.29) is 12.5 Å². The van der Waals surface area contributed by atoms with Crippen molar-refractivity contribution in [3.8, 4) is 11.4 Å². The van der Waals surface area contributed by atoms with E-state index in [9.17, 15) is 4.79 Å². The highest BCUT2D eigenvalue weighted by molar-refractivity contribution is 9.10. The minimum Gasteiger partial charge on any atom is -0.496 e. The first-order valence-corrected chi connectivity index (χ1v) is 10.1. The molecule has 1 aromatic heterocycles. The number of para-hydroxylation sites is 1. The van der Waals surface area contributed by atoms with Gasteiger partial charge in [0.1, 0.15) is 5.75 Å². The first-order valence-electron chi connectivity index (χ1n) is 9.31. The molecule has 0 fully saturated rings. The molecule has 0 aliphatic heterocycles. The van der Waals surface area contributed by atoms with E-state index in [1.807, 2.05) is 79.0 Å². The molecule has 1 heterocycles. The number of carbonyl (C=O) groups excluding carboxylic acids is 1. The van der Waals surface area contributed by atoms with Gasteiger partial charge in [-0.2, -0.15) is 5.10 Å². The highest BCUT2D eigenvalue weighted by Gasteiger charge is 2.17. The van der Waals surface area contributed by atoms with Crippen molar-refractivity contribution in [2.75, 3.05) is 26.0 Å². The third-order valence-electron chi connectivity index (χ3n) is 4.65. The number of ether oxygens (including phenoxy) is 1. The number of carbonyl (C=O) groups is 1. The first kappa shape index (κ1) is 21.1. The van der Waals surface area contributed by atoms with Crippen molar-refractivity contribution in [3.05, 3.63) is 70.0 Å². The van der Waals surface area contributed by atoms with Crippen molar-refractivity contribution >= 4 is 27.5 Å². The van der Waals surface area contributed by atoms with E-state index >= 15 is 0 Å². The van der Waals surface area contributed by atoms with Crippen LogP contribution in [0.15, 0.2) is 53.0 Å². The third kappa shape index (κ3) is 5.05. The van der Waals surface area contributed by atoms with E-state index in [2.05, 4.69) is 26.3 Å².